The van der Waals surface area contributed by atoms with Crippen molar-refractivity contribution < 1.29 is 48.0 Å². The van der Waals surface area contributed by atoms with Crippen molar-refractivity contribution in [3.63, 3.8) is 0 Å². The molecule has 0 saturated carbocycles. The van der Waals surface area contributed by atoms with Crippen LogP contribution in [0.3, 0.4) is 0 Å². The molecule has 0 aromatic carbocycles. The Labute approximate surface area is 231 Å². The first-order valence-electron chi connectivity index (χ1n) is 11.9. The van der Waals surface area contributed by atoms with Gasteiger partial charge in [-0.2, -0.15) is 0 Å². The highest BCUT2D eigenvalue weighted by atomic mass is 32.2. The minimum atomic E-state index is -1.66. The molecular weight excluding hydrogens is 554 g/mol. The standard InChI is InChI=1S/C24H29N3O12S/c1-9-16(32)15-20(25-24(40-7)26(6)22(15)34)27(21(9)33)23-19(38-13(5)31)18(37-12(4)30)17(36-11(3)29)14(39-23)8-35-10(2)28/h14,17-19,23,32H,8H2,1-7H3/t14-,17-,18+,19-,23-/m1/s1. The maximum absolute atomic E-state index is 13.6. The minimum Gasteiger partial charge on any atom is -0.506 e. The van der Waals surface area contributed by atoms with E-state index in [4.69, 9.17) is 23.7 Å². The number of pyridine rings is 1. The monoisotopic (exact) mass is 583 g/mol. The SMILES string of the molecule is CSc1nc2c(c(O)c(C)c(=O)n2[C@@H]2O[C@H](COC(C)=O)[C@@H](OC(C)=O)[C@H](OC(C)=O)[C@H]2OC(C)=O)c(=O)n1C. The number of nitrogens with zero attached hydrogens (tertiary/aromatic N) is 3. The lowest BCUT2D eigenvalue weighted by Crippen LogP contribution is -2.61. The molecule has 5 atom stereocenters. The summed E-state index contributed by atoms with van der Waals surface area (Å²) >= 11 is 1.08. The number of hydrogen-bond acceptors (Lipinski definition) is 14. The van der Waals surface area contributed by atoms with Crippen LogP contribution in [0.25, 0.3) is 11.0 Å². The number of thioether (sulfide) groups is 1. The van der Waals surface area contributed by atoms with Crippen LogP contribution >= 0.6 is 11.8 Å². The van der Waals surface area contributed by atoms with Crippen molar-refractivity contribution in [3.8, 4) is 5.75 Å². The number of aromatic hydroxyl groups is 1. The van der Waals surface area contributed by atoms with Crippen molar-refractivity contribution >= 4 is 46.7 Å². The number of fused-ring (bicyclic) bond motifs is 1. The lowest BCUT2D eigenvalue weighted by atomic mass is 9.96. The molecular formula is C24H29N3O12S. The van der Waals surface area contributed by atoms with Gasteiger partial charge in [0.15, 0.2) is 35.3 Å². The third-order valence-electron chi connectivity index (χ3n) is 5.99. The van der Waals surface area contributed by atoms with E-state index in [1.807, 2.05) is 0 Å². The van der Waals surface area contributed by atoms with Crippen LogP contribution in [0.5, 0.6) is 5.75 Å². The molecule has 218 valence electrons. The highest BCUT2D eigenvalue weighted by molar-refractivity contribution is 7.98. The third-order valence-corrected chi connectivity index (χ3v) is 6.72. The maximum atomic E-state index is 13.6. The van der Waals surface area contributed by atoms with Gasteiger partial charge in [0.2, 0.25) is 0 Å². The Morgan fingerprint density at radius 2 is 1.48 bits per heavy atom. The van der Waals surface area contributed by atoms with E-state index in [9.17, 15) is 33.9 Å². The average molecular weight is 584 g/mol. The summed E-state index contributed by atoms with van der Waals surface area (Å²) in [7, 11) is 1.43. The highest BCUT2D eigenvalue weighted by Crippen LogP contribution is 2.36. The molecule has 0 unspecified atom stereocenters. The van der Waals surface area contributed by atoms with Crippen LogP contribution in [0.1, 0.15) is 39.5 Å². The number of carbonyl (C=O) groups excluding carboxylic acids is 4. The van der Waals surface area contributed by atoms with Gasteiger partial charge in [-0.25, -0.2) is 4.98 Å². The lowest BCUT2D eigenvalue weighted by Gasteiger charge is -2.44. The molecule has 0 aliphatic carbocycles. The lowest BCUT2D eigenvalue weighted by molar-refractivity contribution is -0.268. The van der Waals surface area contributed by atoms with Gasteiger partial charge < -0.3 is 28.8 Å². The summed E-state index contributed by atoms with van der Waals surface area (Å²) in [5.74, 6) is -3.89. The first kappa shape index (κ1) is 30.6. The van der Waals surface area contributed by atoms with Crippen LogP contribution in [0.15, 0.2) is 14.7 Å². The van der Waals surface area contributed by atoms with Crippen molar-refractivity contribution in [3.05, 3.63) is 26.3 Å². The van der Waals surface area contributed by atoms with Crippen LogP contribution in [0.4, 0.5) is 0 Å². The Bertz CT molecular complexity index is 1480. The van der Waals surface area contributed by atoms with Gasteiger partial charge in [-0.15, -0.1) is 0 Å². The average Bonchev–Trinajstić information content (AvgIpc) is 2.85. The number of carbonyl (C=O) groups is 4. The quantitative estimate of drug-likeness (QED) is 0.199. The fourth-order valence-corrected chi connectivity index (χ4v) is 4.89. The van der Waals surface area contributed by atoms with E-state index in [1.54, 1.807) is 6.26 Å². The zero-order chi connectivity index (χ0) is 30.0. The molecule has 3 heterocycles. The largest absolute Gasteiger partial charge is 0.506 e. The zero-order valence-electron chi connectivity index (χ0n) is 22.8. The fourth-order valence-electron chi connectivity index (χ4n) is 4.35. The fraction of sp³-hybridized carbons (Fsp3) is 0.542. The van der Waals surface area contributed by atoms with Crippen molar-refractivity contribution in [2.75, 3.05) is 12.9 Å². The van der Waals surface area contributed by atoms with E-state index in [0.717, 1.165) is 44.0 Å². The molecule has 1 aliphatic heterocycles. The molecule has 2 aromatic heterocycles. The van der Waals surface area contributed by atoms with Gasteiger partial charge in [0.25, 0.3) is 11.1 Å². The molecule has 0 amide bonds. The van der Waals surface area contributed by atoms with Gasteiger partial charge in [0.1, 0.15) is 23.8 Å². The Morgan fingerprint density at radius 3 is 2.00 bits per heavy atom. The van der Waals surface area contributed by atoms with Crippen LogP contribution in [-0.4, -0.2) is 80.4 Å². The van der Waals surface area contributed by atoms with Gasteiger partial charge in [0.05, 0.1) is 5.56 Å². The van der Waals surface area contributed by atoms with E-state index in [1.165, 1.54) is 18.5 Å². The summed E-state index contributed by atoms with van der Waals surface area (Å²) in [5, 5.41) is 10.6. The molecule has 40 heavy (non-hydrogen) atoms. The van der Waals surface area contributed by atoms with E-state index >= 15 is 0 Å². The third kappa shape index (κ3) is 5.96. The summed E-state index contributed by atoms with van der Waals surface area (Å²) < 4.78 is 29.5. The van der Waals surface area contributed by atoms with Gasteiger partial charge in [-0.3, -0.25) is 37.9 Å². The first-order valence-corrected chi connectivity index (χ1v) is 13.1. The normalized spacial score (nSPS) is 22.4. The molecule has 16 heteroatoms. The van der Waals surface area contributed by atoms with Crippen LogP contribution in [0.2, 0.25) is 0 Å². The predicted octanol–water partition coefficient (Wildman–Crippen LogP) is 0.0867. The Kier molecular flexibility index (Phi) is 9.25. The van der Waals surface area contributed by atoms with Gasteiger partial charge in [-0.05, 0) is 13.2 Å². The van der Waals surface area contributed by atoms with Gasteiger partial charge in [-0.1, -0.05) is 11.8 Å². The van der Waals surface area contributed by atoms with Crippen LogP contribution in [0, 0.1) is 6.92 Å². The summed E-state index contributed by atoms with van der Waals surface area (Å²) in [6.45, 7) is 5.05. The van der Waals surface area contributed by atoms with Gasteiger partial charge >= 0.3 is 23.9 Å². The second-order valence-corrected chi connectivity index (χ2v) is 9.67. The number of esters is 4. The molecule has 0 radical (unpaired) electrons. The summed E-state index contributed by atoms with van der Waals surface area (Å²) in [6.07, 6.45) is -6.02. The zero-order valence-corrected chi connectivity index (χ0v) is 23.6. The van der Waals surface area contributed by atoms with Crippen molar-refractivity contribution in [2.24, 2.45) is 7.05 Å². The summed E-state index contributed by atoms with van der Waals surface area (Å²) in [4.78, 5) is 79.2. The molecule has 15 nitrogen and oxygen atoms in total. The van der Waals surface area contributed by atoms with Crippen molar-refractivity contribution in [2.45, 2.75) is 70.4 Å². The first-order chi connectivity index (χ1) is 18.7. The number of hydrogen-bond donors (Lipinski definition) is 1. The van der Waals surface area contributed by atoms with Crippen LogP contribution in [-0.2, 0) is 49.9 Å². The molecule has 1 aliphatic rings. The molecule has 1 fully saturated rings. The maximum Gasteiger partial charge on any atom is 0.303 e. The second kappa shape index (κ2) is 12.1. The van der Waals surface area contributed by atoms with E-state index < -0.39 is 78.0 Å². The predicted molar refractivity (Wildman–Crippen MR) is 137 cm³/mol. The molecule has 1 saturated heterocycles. The van der Waals surface area contributed by atoms with Gasteiger partial charge in [0, 0.05) is 34.7 Å². The van der Waals surface area contributed by atoms with E-state index in [2.05, 4.69) is 4.98 Å². The second-order valence-electron chi connectivity index (χ2n) is 8.90. The number of ether oxygens (including phenoxy) is 5. The number of aromatic nitrogens is 3. The Balaban J connectivity index is 2.41. The highest BCUT2D eigenvalue weighted by Gasteiger charge is 2.53. The number of rotatable bonds is 7. The smallest absolute Gasteiger partial charge is 0.303 e. The Morgan fingerprint density at radius 1 is 0.925 bits per heavy atom. The molecule has 0 bridgehead atoms. The topological polar surface area (TPSA) is 192 Å². The minimum absolute atomic E-state index is 0.166. The summed E-state index contributed by atoms with van der Waals surface area (Å²) in [5.41, 5.74) is -2.13. The molecule has 1 N–H and O–H groups in total. The van der Waals surface area contributed by atoms with E-state index in [0.29, 0.717) is 0 Å². The molecule has 0 spiro atoms. The van der Waals surface area contributed by atoms with Crippen molar-refractivity contribution in [1.29, 1.82) is 0 Å². The molecule has 2 aromatic rings. The summed E-state index contributed by atoms with van der Waals surface area (Å²) in [6, 6.07) is 0. The Hall–Kier alpha value is -3.92. The van der Waals surface area contributed by atoms with Crippen LogP contribution < -0.4 is 11.1 Å². The molecule has 3 rings (SSSR count). The van der Waals surface area contributed by atoms with Crippen molar-refractivity contribution in [1.82, 2.24) is 14.1 Å². The van der Waals surface area contributed by atoms with E-state index in [-0.39, 0.29) is 21.8 Å².